The number of hydrogen-bond donors (Lipinski definition) is 2. The molecule has 0 unspecified atom stereocenters. The number of pyridine rings is 1. The number of carbonyl (C=O) groups is 1. The van der Waals surface area contributed by atoms with Crippen molar-refractivity contribution in [3.05, 3.63) is 52.8 Å². The first-order valence-electron chi connectivity index (χ1n) is 7.23. The number of amides is 1. The van der Waals surface area contributed by atoms with Crippen LogP contribution in [0.25, 0.3) is 0 Å². The highest BCUT2D eigenvalue weighted by Crippen LogP contribution is 2.20. The van der Waals surface area contributed by atoms with Crippen LogP contribution in [0.3, 0.4) is 0 Å². The summed E-state index contributed by atoms with van der Waals surface area (Å²) in [5.74, 6) is 0.272. The normalized spacial score (nSPS) is 10.6. The van der Waals surface area contributed by atoms with Crippen LogP contribution < -0.4 is 10.6 Å². The molecule has 0 bridgehead atoms. The van der Waals surface area contributed by atoms with Gasteiger partial charge >= 0.3 is 0 Å². The molecule has 1 aromatic carbocycles. The number of aromatic nitrogens is 1. The molecular weight excluding hydrogens is 298 g/mol. The van der Waals surface area contributed by atoms with Crippen molar-refractivity contribution in [2.24, 2.45) is 5.92 Å². The van der Waals surface area contributed by atoms with Crippen molar-refractivity contribution in [2.75, 3.05) is 17.2 Å². The Morgan fingerprint density at radius 3 is 2.68 bits per heavy atom. The third kappa shape index (κ3) is 4.46. The highest BCUT2D eigenvalue weighted by atomic mass is 35.5. The molecule has 0 saturated heterocycles. The van der Waals surface area contributed by atoms with E-state index in [2.05, 4.69) is 29.5 Å². The molecule has 0 spiro atoms. The average molecular weight is 318 g/mol. The number of nitrogens with zero attached hydrogens (tertiary/aromatic N) is 1. The van der Waals surface area contributed by atoms with Crippen molar-refractivity contribution in [3.63, 3.8) is 0 Å². The van der Waals surface area contributed by atoms with Gasteiger partial charge in [-0.05, 0) is 42.7 Å². The second-order valence-electron chi connectivity index (χ2n) is 5.62. The van der Waals surface area contributed by atoms with Gasteiger partial charge in [-0.1, -0.05) is 31.5 Å². The van der Waals surface area contributed by atoms with E-state index in [1.807, 2.05) is 25.1 Å². The van der Waals surface area contributed by atoms with Crippen LogP contribution in [0.4, 0.5) is 11.4 Å². The van der Waals surface area contributed by atoms with Crippen LogP contribution >= 0.6 is 11.6 Å². The van der Waals surface area contributed by atoms with Gasteiger partial charge in [0.1, 0.15) is 5.69 Å². The van der Waals surface area contributed by atoms with Crippen LogP contribution in [0.5, 0.6) is 0 Å². The molecule has 2 aromatic rings. The number of rotatable bonds is 5. The minimum absolute atomic E-state index is 0.256. The molecule has 1 aromatic heterocycles. The van der Waals surface area contributed by atoms with E-state index in [9.17, 15) is 4.79 Å². The molecular formula is C17H20ClN3O. The first kappa shape index (κ1) is 16.3. The third-order valence-electron chi connectivity index (χ3n) is 3.14. The molecule has 2 N–H and O–H groups in total. The quantitative estimate of drug-likeness (QED) is 0.861. The van der Waals surface area contributed by atoms with Crippen LogP contribution in [0.1, 0.15) is 29.9 Å². The van der Waals surface area contributed by atoms with E-state index >= 15 is 0 Å². The van der Waals surface area contributed by atoms with E-state index in [0.29, 0.717) is 22.3 Å². The van der Waals surface area contributed by atoms with E-state index in [0.717, 1.165) is 17.8 Å². The number of anilines is 2. The minimum Gasteiger partial charge on any atom is -0.385 e. The van der Waals surface area contributed by atoms with Gasteiger partial charge in [-0.25, -0.2) is 0 Å². The summed E-state index contributed by atoms with van der Waals surface area (Å²) in [4.78, 5) is 16.4. The fourth-order valence-corrected chi connectivity index (χ4v) is 2.03. The maximum absolute atomic E-state index is 12.3. The molecule has 0 aliphatic rings. The average Bonchev–Trinajstić information content (AvgIpc) is 2.49. The first-order valence-corrected chi connectivity index (χ1v) is 7.61. The Bertz CT molecular complexity index is 671. The van der Waals surface area contributed by atoms with Crippen LogP contribution in [0.2, 0.25) is 5.02 Å². The predicted molar refractivity (Wildman–Crippen MR) is 91.7 cm³/mol. The largest absolute Gasteiger partial charge is 0.385 e. The highest BCUT2D eigenvalue weighted by molar-refractivity contribution is 6.31. The standard InChI is InChI=1S/C17H20ClN3O/c1-11(2)10-20-13-6-7-19-16(9-13)17(22)21-14-5-4-12(3)15(18)8-14/h4-9,11H,10H2,1-3H3,(H,19,20)(H,21,22). The van der Waals surface area contributed by atoms with Gasteiger partial charge in [-0.15, -0.1) is 0 Å². The number of nitrogens with one attached hydrogen (secondary N) is 2. The smallest absolute Gasteiger partial charge is 0.274 e. The Hall–Kier alpha value is -2.07. The fourth-order valence-electron chi connectivity index (χ4n) is 1.85. The first-order chi connectivity index (χ1) is 10.5. The fraction of sp³-hybridized carbons (Fsp3) is 0.294. The summed E-state index contributed by atoms with van der Waals surface area (Å²) in [7, 11) is 0. The van der Waals surface area contributed by atoms with Gasteiger partial charge in [0.2, 0.25) is 0 Å². The third-order valence-corrected chi connectivity index (χ3v) is 3.54. The minimum atomic E-state index is -0.256. The van der Waals surface area contributed by atoms with Gasteiger partial charge in [-0.2, -0.15) is 0 Å². The second-order valence-corrected chi connectivity index (χ2v) is 6.03. The monoisotopic (exact) mass is 317 g/mol. The summed E-state index contributed by atoms with van der Waals surface area (Å²) in [6, 6.07) is 9.01. The molecule has 1 amide bonds. The second kappa shape index (κ2) is 7.27. The number of carbonyl (C=O) groups excluding carboxylic acids is 1. The zero-order valence-corrected chi connectivity index (χ0v) is 13.7. The van der Waals surface area contributed by atoms with Crippen LogP contribution in [0, 0.1) is 12.8 Å². The van der Waals surface area contributed by atoms with Crippen LogP contribution in [0.15, 0.2) is 36.5 Å². The molecule has 0 saturated carbocycles. The van der Waals surface area contributed by atoms with Crippen molar-refractivity contribution < 1.29 is 4.79 Å². The molecule has 0 atom stereocenters. The summed E-state index contributed by atoms with van der Waals surface area (Å²) >= 11 is 6.06. The van der Waals surface area contributed by atoms with Crippen molar-refractivity contribution in [3.8, 4) is 0 Å². The Kier molecular flexibility index (Phi) is 5.39. The van der Waals surface area contributed by atoms with Crippen molar-refractivity contribution >= 4 is 28.9 Å². The Balaban J connectivity index is 2.08. The molecule has 0 radical (unpaired) electrons. The SMILES string of the molecule is Cc1ccc(NC(=O)c2cc(NCC(C)C)ccn2)cc1Cl. The van der Waals surface area contributed by atoms with E-state index in [1.54, 1.807) is 18.3 Å². The molecule has 116 valence electrons. The summed E-state index contributed by atoms with van der Waals surface area (Å²) < 4.78 is 0. The molecule has 0 fully saturated rings. The lowest BCUT2D eigenvalue weighted by atomic mass is 10.2. The summed E-state index contributed by atoms with van der Waals surface area (Å²) in [5, 5.41) is 6.71. The van der Waals surface area contributed by atoms with Gasteiger partial charge in [0.15, 0.2) is 0 Å². The molecule has 0 aliphatic carbocycles. The highest BCUT2D eigenvalue weighted by Gasteiger charge is 2.09. The molecule has 5 heteroatoms. The van der Waals surface area contributed by atoms with Gasteiger partial charge in [0, 0.05) is 29.1 Å². The summed E-state index contributed by atoms with van der Waals surface area (Å²) in [6.07, 6.45) is 1.62. The van der Waals surface area contributed by atoms with Crippen molar-refractivity contribution in [1.29, 1.82) is 0 Å². The van der Waals surface area contributed by atoms with E-state index in [4.69, 9.17) is 11.6 Å². The van der Waals surface area contributed by atoms with Gasteiger partial charge < -0.3 is 10.6 Å². The predicted octanol–water partition coefficient (Wildman–Crippen LogP) is 4.36. The number of hydrogen-bond acceptors (Lipinski definition) is 3. The van der Waals surface area contributed by atoms with E-state index in [-0.39, 0.29) is 5.91 Å². The molecule has 4 nitrogen and oxygen atoms in total. The number of aryl methyl sites for hydroxylation is 1. The van der Waals surface area contributed by atoms with Gasteiger partial charge in [0.25, 0.3) is 5.91 Å². The molecule has 2 rings (SSSR count). The van der Waals surface area contributed by atoms with Crippen molar-refractivity contribution in [1.82, 2.24) is 4.98 Å². The van der Waals surface area contributed by atoms with E-state index in [1.165, 1.54) is 0 Å². The molecule has 22 heavy (non-hydrogen) atoms. The Morgan fingerprint density at radius 2 is 2.00 bits per heavy atom. The maximum Gasteiger partial charge on any atom is 0.274 e. The molecule has 0 aliphatic heterocycles. The summed E-state index contributed by atoms with van der Waals surface area (Å²) in [6.45, 7) is 7.02. The van der Waals surface area contributed by atoms with E-state index < -0.39 is 0 Å². The topological polar surface area (TPSA) is 54.0 Å². The van der Waals surface area contributed by atoms with Gasteiger partial charge in [-0.3, -0.25) is 9.78 Å². The summed E-state index contributed by atoms with van der Waals surface area (Å²) in [5.41, 5.74) is 2.88. The van der Waals surface area contributed by atoms with Crippen LogP contribution in [-0.4, -0.2) is 17.4 Å². The number of halogens is 1. The lowest BCUT2D eigenvalue weighted by molar-refractivity contribution is 0.102. The maximum atomic E-state index is 12.3. The molecule has 1 heterocycles. The lowest BCUT2D eigenvalue weighted by Gasteiger charge is -2.10. The van der Waals surface area contributed by atoms with Crippen LogP contribution in [-0.2, 0) is 0 Å². The van der Waals surface area contributed by atoms with Gasteiger partial charge in [0.05, 0.1) is 0 Å². The van der Waals surface area contributed by atoms with Crippen molar-refractivity contribution in [2.45, 2.75) is 20.8 Å². The zero-order chi connectivity index (χ0) is 16.1. The Labute approximate surface area is 135 Å². The zero-order valence-electron chi connectivity index (χ0n) is 13.0. The Morgan fingerprint density at radius 1 is 1.23 bits per heavy atom. The number of benzene rings is 1. The lowest BCUT2D eigenvalue weighted by Crippen LogP contribution is -2.15.